The molecular weight excluding hydrogens is 152 g/mol. The van der Waals surface area contributed by atoms with Gasteiger partial charge in [-0.05, 0) is 11.6 Å². The molecule has 1 fully saturated rings. The van der Waals surface area contributed by atoms with E-state index in [1.165, 1.54) is 5.56 Å². The number of rotatable bonds is 2. The monoisotopic (exact) mass is 164 g/mol. The average Bonchev–Trinajstić information content (AvgIpc) is 2.02. The van der Waals surface area contributed by atoms with Crippen LogP contribution in [0.15, 0.2) is 18.3 Å². The summed E-state index contributed by atoms with van der Waals surface area (Å²) in [7, 11) is 1.64. The largest absolute Gasteiger partial charge is 0.481 e. The lowest BCUT2D eigenvalue weighted by atomic mass is 9.95. The summed E-state index contributed by atoms with van der Waals surface area (Å²) >= 11 is 0. The Labute approximate surface area is 71.8 Å². The summed E-state index contributed by atoms with van der Waals surface area (Å²) in [6, 6.07) is 4.06. The zero-order valence-corrected chi connectivity index (χ0v) is 7.08. The minimum absolute atomic E-state index is 0.655. The molecule has 2 heterocycles. The summed E-state index contributed by atoms with van der Waals surface area (Å²) in [5.74, 6) is 1.36. The van der Waals surface area contributed by atoms with E-state index in [-0.39, 0.29) is 0 Å². The molecule has 0 atom stereocenters. The minimum Gasteiger partial charge on any atom is -0.481 e. The maximum atomic E-state index is 5.04. The Bertz CT molecular complexity index is 271. The number of hydrogen-bond acceptors (Lipinski definition) is 3. The van der Waals surface area contributed by atoms with Gasteiger partial charge < -0.3 is 10.1 Å². The van der Waals surface area contributed by atoms with Crippen LogP contribution in [0.3, 0.4) is 0 Å². The standard InChI is InChI=1S/C9H12N2O/c1-12-9-4-7(2-3-11-9)8-5-10-6-8/h2-4,8,10H,5-6H2,1H3. The van der Waals surface area contributed by atoms with Crippen LogP contribution in [0.4, 0.5) is 0 Å². The summed E-state index contributed by atoms with van der Waals surface area (Å²) < 4.78 is 5.04. The molecule has 0 bridgehead atoms. The Kier molecular flexibility index (Phi) is 1.96. The zero-order valence-electron chi connectivity index (χ0n) is 7.08. The predicted octanol–water partition coefficient (Wildman–Crippen LogP) is 0.777. The van der Waals surface area contributed by atoms with Crippen molar-refractivity contribution in [2.24, 2.45) is 0 Å². The molecule has 1 aliphatic heterocycles. The Morgan fingerprint density at radius 3 is 3.00 bits per heavy atom. The van der Waals surface area contributed by atoms with Crippen molar-refractivity contribution in [3.8, 4) is 5.88 Å². The molecule has 1 aromatic rings. The van der Waals surface area contributed by atoms with E-state index in [0.717, 1.165) is 13.1 Å². The van der Waals surface area contributed by atoms with E-state index in [1.54, 1.807) is 13.3 Å². The number of hydrogen-bond donors (Lipinski definition) is 1. The quantitative estimate of drug-likeness (QED) is 0.701. The lowest BCUT2D eigenvalue weighted by molar-refractivity contribution is 0.393. The van der Waals surface area contributed by atoms with Crippen molar-refractivity contribution in [2.45, 2.75) is 5.92 Å². The van der Waals surface area contributed by atoms with Crippen molar-refractivity contribution in [1.29, 1.82) is 0 Å². The van der Waals surface area contributed by atoms with E-state index in [1.807, 2.05) is 12.1 Å². The van der Waals surface area contributed by atoms with Gasteiger partial charge in [0.25, 0.3) is 0 Å². The van der Waals surface area contributed by atoms with Crippen LogP contribution in [0.2, 0.25) is 0 Å². The highest BCUT2D eigenvalue weighted by molar-refractivity contribution is 5.26. The fraction of sp³-hybridized carbons (Fsp3) is 0.444. The van der Waals surface area contributed by atoms with Gasteiger partial charge in [-0.1, -0.05) is 0 Å². The van der Waals surface area contributed by atoms with Crippen LogP contribution in [0.25, 0.3) is 0 Å². The third-order valence-electron chi connectivity index (χ3n) is 2.22. The zero-order chi connectivity index (χ0) is 8.39. The van der Waals surface area contributed by atoms with E-state index >= 15 is 0 Å². The number of nitrogens with zero attached hydrogens (tertiary/aromatic N) is 1. The molecule has 3 nitrogen and oxygen atoms in total. The molecule has 1 N–H and O–H groups in total. The van der Waals surface area contributed by atoms with Crippen LogP contribution < -0.4 is 10.1 Å². The Morgan fingerprint density at radius 1 is 1.58 bits per heavy atom. The molecule has 0 radical (unpaired) electrons. The van der Waals surface area contributed by atoms with Crippen LogP contribution >= 0.6 is 0 Å². The second kappa shape index (κ2) is 3.11. The Balaban J connectivity index is 2.19. The van der Waals surface area contributed by atoms with E-state index in [9.17, 15) is 0 Å². The average molecular weight is 164 g/mol. The second-order valence-electron chi connectivity index (χ2n) is 2.99. The molecule has 0 aromatic carbocycles. The van der Waals surface area contributed by atoms with Gasteiger partial charge in [0, 0.05) is 31.3 Å². The Hall–Kier alpha value is -1.09. The first-order valence-corrected chi connectivity index (χ1v) is 4.11. The van der Waals surface area contributed by atoms with Gasteiger partial charge >= 0.3 is 0 Å². The second-order valence-corrected chi connectivity index (χ2v) is 2.99. The molecular formula is C9H12N2O. The fourth-order valence-electron chi connectivity index (χ4n) is 1.31. The maximum absolute atomic E-state index is 5.04. The van der Waals surface area contributed by atoms with Gasteiger partial charge in [-0.2, -0.15) is 0 Å². The summed E-state index contributed by atoms with van der Waals surface area (Å²) in [6.07, 6.45) is 1.80. The van der Waals surface area contributed by atoms with Gasteiger partial charge in [0.2, 0.25) is 5.88 Å². The smallest absolute Gasteiger partial charge is 0.213 e. The minimum atomic E-state index is 0.655. The fourth-order valence-corrected chi connectivity index (χ4v) is 1.31. The van der Waals surface area contributed by atoms with Crippen molar-refractivity contribution in [3.05, 3.63) is 23.9 Å². The van der Waals surface area contributed by atoms with Gasteiger partial charge in [-0.15, -0.1) is 0 Å². The predicted molar refractivity (Wildman–Crippen MR) is 46.4 cm³/mol. The van der Waals surface area contributed by atoms with E-state index in [4.69, 9.17) is 4.74 Å². The first kappa shape index (κ1) is 7.55. The highest BCUT2D eigenvalue weighted by Crippen LogP contribution is 2.21. The van der Waals surface area contributed by atoms with Gasteiger partial charge in [0.05, 0.1) is 7.11 Å². The summed E-state index contributed by atoms with van der Waals surface area (Å²) in [5.41, 5.74) is 1.32. The summed E-state index contributed by atoms with van der Waals surface area (Å²) in [6.45, 7) is 2.15. The number of methoxy groups -OCH3 is 1. The topological polar surface area (TPSA) is 34.1 Å². The molecule has 0 aliphatic carbocycles. The van der Waals surface area contributed by atoms with Crippen LogP contribution in [0.5, 0.6) is 5.88 Å². The van der Waals surface area contributed by atoms with Crippen LogP contribution in [0, 0.1) is 0 Å². The first-order chi connectivity index (χ1) is 5.90. The summed E-state index contributed by atoms with van der Waals surface area (Å²) in [4.78, 5) is 4.06. The molecule has 0 spiro atoms. The van der Waals surface area contributed by atoms with Crippen molar-refractivity contribution < 1.29 is 4.74 Å². The van der Waals surface area contributed by atoms with Crippen LogP contribution in [-0.2, 0) is 0 Å². The normalized spacial score (nSPS) is 17.1. The van der Waals surface area contributed by atoms with Crippen molar-refractivity contribution in [1.82, 2.24) is 10.3 Å². The van der Waals surface area contributed by atoms with Crippen LogP contribution in [-0.4, -0.2) is 25.2 Å². The lowest BCUT2D eigenvalue weighted by Gasteiger charge is -2.27. The van der Waals surface area contributed by atoms with Crippen molar-refractivity contribution >= 4 is 0 Å². The number of nitrogens with one attached hydrogen (secondary N) is 1. The third-order valence-corrected chi connectivity index (χ3v) is 2.22. The highest BCUT2D eigenvalue weighted by Gasteiger charge is 2.18. The lowest BCUT2D eigenvalue weighted by Crippen LogP contribution is -2.39. The molecule has 64 valence electrons. The number of pyridine rings is 1. The SMILES string of the molecule is COc1cc(C2CNC2)ccn1. The molecule has 0 saturated carbocycles. The highest BCUT2D eigenvalue weighted by atomic mass is 16.5. The number of ether oxygens (including phenoxy) is 1. The molecule has 12 heavy (non-hydrogen) atoms. The van der Waals surface area contributed by atoms with Crippen LogP contribution in [0.1, 0.15) is 11.5 Å². The Morgan fingerprint density at radius 2 is 2.42 bits per heavy atom. The van der Waals surface area contributed by atoms with E-state index < -0.39 is 0 Å². The molecule has 1 aliphatic rings. The molecule has 1 aromatic heterocycles. The van der Waals surface area contributed by atoms with Gasteiger partial charge in [-0.3, -0.25) is 0 Å². The van der Waals surface area contributed by atoms with Crippen molar-refractivity contribution in [2.75, 3.05) is 20.2 Å². The van der Waals surface area contributed by atoms with Gasteiger partial charge in [-0.25, -0.2) is 4.98 Å². The first-order valence-electron chi connectivity index (χ1n) is 4.11. The molecule has 0 amide bonds. The third kappa shape index (κ3) is 1.28. The molecule has 2 rings (SSSR count). The molecule has 1 saturated heterocycles. The molecule has 0 unspecified atom stereocenters. The van der Waals surface area contributed by atoms with Gasteiger partial charge in [0.15, 0.2) is 0 Å². The number of aromatic nitrogens is 1. The van der Waals surface area contributed by atoms with E-state index in [0.29, 0.717) is 11.8 Å². The molecule has 3 heteroatoms. The van der Waals surface area contributed by atoms with Gasteiger partial charge in [0.1, 0.15) is 0 Å². The van der Waals surface area contributed by atoms with Crippen molar-refractivity contribution in [3.63, 3.8) is 0 Å². The van der Waals surface area contributed by atoms with E-state index in [2.05, 4.69) is 10.3 Å². The summed E-state index contributed by atoms with van der Waals surface area (Å²) in [5, 5.41) is 3.24. The maximum Gasteiger partial charge on any atom is 0.213 e.